The summed E-state index contributed by atoms with van der Waals surface area (Å²) in [5.74, 6) is -0.692. The second kappa shape index (κ2) is 17.8. The van der Waals surface area contributed by atoms with Crippen molar-refractivity contribution in [2.24, 2.45) is 0 Å². The molecule has 0 bridgehead atoms. The molecule has 53 heavy (non-hydrogen) atoms. The summed E-state index contributed by atoms with van der Waals surface area (Å²) < 4.78 is 16.0. The molecule has 0 aromatic heterocycles. The molecule has 11 nitrogen and oxygen atoms in total. The van der Waals surface area contributed by atoms with Crippen LogP contribution in [0.2, 0.25) is 0 Å². The van der Waals surface area contributed by atoms with Gasteiger partial charge in [0.2, 0.25) is 11.0 Å². The Morgan fingerprint density at radius 1 is 0.849 bits per heavy atom. The van der Waals surface area contributed by atoms with Gasteiger partial charge in [-0.2, -0.15) is 9.15 Å². The number of fused-ring (bicyclic) bond motifs is 2. The molecule has 0 saturated carbocycles. The third-order valence-electron chi connectivity index (χ3n) is 8.27. The third-order valence-corrected chi connectivity index (χ3v) is 8.27. The van der Waals surface area contributed by atoms with Crippen molar-refractivity contribution in [1.82, 2.24) is 15.2 Å². The van der Waals surface area contributed by atoms with Crippen LogP contribution in [0, 0.1) is 0 Å². The van der Waals surface area contributed by atoms with Gasteiger partial charge in [0.15, 0.2) is 32.1 Å². The fourth-order valence-corrected chi connectivity index (χ4v) is 5.73. The molecule has 0 atom stereocenters. The summed E-state index contributed by atoms with van der Waals surface area (Å²) in [5.41, 5.74) is 5.51. The lowest BCUT2D eigenvalue weighted by molar-refractivity contribution is -0.438. The van der Waals surface area contributed by atoms with E-state index in [1.807, 2.05) is 112 Å². The lowest BCUT2D eigenvalue weighted by Gasteiger charge is -2.18. The van der Waals surface area contributed by atoms with E-state index in [1.165, 1.54) is 14.1 Å². The average Bonchev–Trinajstić information content (AvgIpc) is 3.19. The highest BCUT2D eigenvalue weighted by Gasteiger charge is 2.22. The molecular weight excluding hydrogens is 672 g/mol. The van der Waals surface area contributed by atoms with E-state index < -0.39 is 18.2 Å². The van der Waals surface area contributed by atoms with Crippen LogP contribution < -0.4 is 25.7 Å². The molecule has 3 N–H and O–H groups in total. The minimum atomic E-state index is -1.26. The van der Waals surface area contributed by atoms with Crippen molar-refractivity contribution in [3.63, 3.8) is 0 Å². The Hall–Kier alpha value is -7.01. The lowest BCUT2D eigenvalue weighted by atomic mass is 9.90. The monoisotopic (exact) mass is 711 g/mol. The van der Waals surface area contributed by atoms with Gasteiger partial charge in [0.05, 0.1) is 18.1 Å². The Morgan fingerprint density at radius 2 is 1.53 bits per heavy atom. The normalized spacial score (nSPS) is 11.5. The van der Waals surface area contributed by atoms with Crippen LogP contribution in [0.5, 0.6) is 0 Å². The molecule has 4 aromatic carbocycles. The lowest BCUT2D eigenvalue weighted by Crippen LogP contribution is -2.24. The first-order valence-electron chi connectivity index (χ1n) is 16.7. The first-order valence-corrected chi connectivity index (χ1v) is 16.7. The number of alkyl carbamates (subject to hydrolysis) is 1. The number of carbonyl (C=O) groups is 3. The summed E-state index contributed by atoms with van der Waals surface area (Å²) in [6.07, 6.45) is 2.25. The third kappa shape index (κ3) is 9.41. The van der Waals surface area contributed by atoms with Gasteiger partial charge in [-0.15, -0.1) is 0 Å². The van der Waals surface area contributed by atoms with Crippen molar-refractivity contribution in [3.05, 3.63) is 156 Å². The van der Waals surface area contributed by atoms with E-state index in [-0.39, 0.29) is 12.2 Å². The van der Waals surface area contributed by atoms with Gasteiger partial charge in [-0.3, -0.25) is 0 Å². The highest BCUT2D eigenvalue weighted by Crippen LogP contribution is 2.41. The summed E-state index contributed by atoms with van der Waals surface area (Å²) in [4.78, 5) is 33.4. The van der Waals surface area contributed by atoms with Gasteiger partial charge in [0.1, 0.15) is 11.3 Å². The zero-order valence-electron chi connectivity index (χ0n) is 29.3. The zero-order valence-corrected chi connectivity index (χ0v) is 29.3. The van der Waals surface area contributed by atoms with Gasteiger partial charge in [-0.25, -0.2) is 9.59 Å². The fraction of sp³-hybridized carbons (Fsp3) is 0.119. The summed E-state index contributed by atoms with van der Waals surface area (Å²) in [6, 6.07) is 38.5. The fourth-order valence-electron chi connectivity index (χ4n) is 5.73. The smallest absolute Gasteiger partial charge is 0.407 e. The van der Waals surface area contributed by atoms with Crippen LogP contribution in [0.1, 0.15) is 21.5 Å². The van der Waals surface area contributed by atoms with E-state index in [2.05, 4.69) is 24.0 Å². The molecule has 11 heteroatoms. The largest absolute Gasteiger partial charge is 0.545 e. The Balaban J connectivity index is 0.00000101. The second-order valence-corrected chi connectivity index (χ2v) is 11.6. The molecule has 2 aliphatic rings. The predicted octanol–water partition coefficient (Wildman–Crippen LogP) is 5.69. The van der Waals surface area contributed by atoms with Crippen LogP contribution in [0.25, 0.3) is 33.4 Å². The number of carboxylic acids is 1. The predicted molar refractivity (Wildman–Crippen MR) is 202 cm³/mol. The van der Waals surface area contributed by atoms with Crippen LogP contribution in [0.4, 0.5) is 15.3 Å². The summed E-state index contributed by atoms with van der Waals surface area (Å²) in [6.45, 7) is 5.17. The molecule has 4 aromatic rings. The first-order chi connectivity index (χ1) is 25.7. The van der Waals surface area contributed by atoms with Crippen LogP contribution in [-0.4, -0.2) is 61.3 Å². The molecule has 268 valence electrons. The van der Waals surface area contributed by atoms with Crippen LogP contribution in [0.3, 0.4) is 0 Å². The van der Waals surface area contributed by atoms with Gasteiger partial charge < -0.3 is 34.8 Å². The molecule has 1 aliphatic heterocycles. The Labute approximate surface area is 306 Å². The van der Waals surface area contributed by atoms with Crippen LogP contribution in [-0.2, 0) is 11.3 Å². The number of carboxylic acid groups (broad SMARTS) is 2. The highest BCUT2D eigenvalue weighted by molar-refractivity contribution is 6.07. The average molecular weight is 712 g/mol. The quantitative estimate of drug-likeness (QED) is 0.0941. The van der Waals surface area contributed by atoms with Gasteiger partial charge >= 0.3 is 12.2 Å². The molecule has 2 amide bonds. The highest BCUT2D eigenvalue weighted by atomic mass is 16.5. The molecule has 1 aliphatic carbocycles. The molecule has 0 saturated heterocycles. The van der Waals surface area contributed by atoms with Crippen LogP contribution >= 0.6 is 0 Å². The number of carbonyl (C=O) groups excluding carboxylic acids is 2. The minimum Gasteiger partial charge on any atom is -0.545 e. The summed E-state index contributed by atoms with van der Waals surface area (Å²) >= 11 is 0. The molecule has 0 unspecified atom stereocenters. The number of rotatable bonds is 10. The van der Waals surface area contributed by atoms with Gasteiger partial charge in [-0.1, -0.05) is 72.8 Å². The second-order valence-electron chi connectivity index (χ2n) is 11.6. The number of aromatic carboxylic acids is 1. The van der Waals surface area contributed by atoms with Crippen LogP contribution in [0.15, 0.2) is 139 Å². The maximum Gasteiger partial charge on any atom is 0.407 e. The maximum atomic E-state index is 12.3. The van der Waals surface area contributed by atoms with E-state index in [0.29, 0.717) is 30.0 Å². The van der Waals surface area contributed by atoms with E-state index in [4.69, 9.17) is 14.3 Å². The summed E-state index contributed by atoms with van der Waals surface area (Å²) in [5, 5.41) is 25.9. The van der Waals surface area contributed by atoms with Gasteiger partial charge in [-0.05, 0) is 36.4 Å². The van der Waals surface area contributed by atoms with Gasteiger partial charge in [0.25, 0.3) is 0 Å². The van der Waals surface area contributed by atoms with E-state index in [0.717, 1.165) is 38.7 Å². The molecule has 0 radical (unpaired) electrons. The number of benzene rings is 5. The Kier molecular flexibility index (Phi) is 12.5. The topological polar surface area (TPSA) is 147 Å². The molecule has 6 rings (SSSR count). The molecule has 0 spiro atoms. The van der Waals surface area contributed by atoms with Crippen molar-refractivity contribution in [2.75, 3.05) is 27.2 Å². The Morgan fingerprint density at radius 3 is 2.19 bits per heavy atom. The number of hydrogen-bond acceptors (Lipinski definition) is 6. The number of hydrogen-bond donors (Lipinski definition) is 3. The van der Waals surface area contributed by atoms with Crippen molar-refractivity contribution < 1.29 is 38.3 Å². The van der Waals surface area contributed by atoms with Crippen molar-refractivity contribution in [1.29, 1.82) is 0 Å². The molecule has 1 heterocycles. The maximum absolute atomic E-state index is 12.3. The van der Waals surface area contributed by atoms with Crippen molar-refractivity contribution in [2.45, 2.75) is 6.54 Å². The summed E-state index contributed by atoms with van der Waals surface area (Å²) in [7, 11) is 2.87. The molecule has 0 fully saturated rings. The Bertz CT molecular complexity index is 2320. The van der Waals surface area contributed by atoms with E-state index in [9.17, 15) is 19.5 Å². The zero-order chi connectivity index (χ0) is 37.7. The van der Waals surface area contributed by atoms with E-state index >= 15 is 0 Å². The minimum absolute atomic E-state index is 0.0848. The van der Waals surface area contributed by atoms with E-state index in [1.54, 1.807) is 24.4 Å². The van der Waals surface area contributed by atoms with Crippen molar-refractivity contribution >= 4 is 41.0 Å². The SMILES string of the molecule is C=C[N+](Cc1ccccc1)=c1ccc2c(-c3ccccc3C(=O)[O-])c3ccc([N+](=Cc4ccccc4)CCOC(=O)NC)cc3oc-2c1.CNC(=O)O. The number of ether oxygens (including phenoxy) is 1. The van der Waals surface area contributed by atoms with Gasteiger partial charge in [0, 0.05) is 59.4 Å². The number of nitrogens with one attached hydrogen (secondary N) is 2. The molecular formula is C42H39N4O7+. The first kappa shape index (κ1) is 37.3. The standard InChI is InChI=1S/C40H33N3O5.C2H5NO2/c1-3-42(26-28-12-6-4-7-13-28)30-18-20-34-36(24-30)48-37-25-31(19-21-35(37)38(34)32-16-10-11-17-33(32)39(44)45)43(22-23-47-40(46)41-2)27-29-14-8-5-9-15-29;1-3-2(4)5/h3-21,24-25,27H,1,22-23,26H2,2H3;3H,1H3,(H,4,5)/p+1. The van der Waals surface area contributed by atoms with Crippen molar-refractivity contribution in [3.8, 4) is 22.5 Å². The number of amides is 2. The number of nitrogens with zero attached hydrogens (tertiary/aromatic N) is 2.